The number of ketones is 1. The predicted molar refractivity (Wildman–Crippen MR) is 100 cm³/mol. The number of ether oxygens (including phenoxy) is 1. The van der Waals surface area contributed by atoms with Gasteiger partial charge in [0, 0.05) is 17.7 Å². The number of para-hydroxylation sites is 1. The molecule has 9 nitrogen and oxygen atoms in total. The lowest BCUT2D eigenvalue weighted by Crippen LogP contribution is -2.30. The van der Waals surface area contributed by atoms with E-state index in [4.69, 9.17) is 14.9 Å². The van der Waals surface area contributed by atoms with Crippen molar-refractivity contribution in [3.05, 3.63) is 91.6 Å². The number of nitrogens with two attached hydrogens (primary N) is 1. The molecule has 2 heterocycles. The third-order valence-electron chi connectivity index (χ3n) is 4.60. The zero-order valence-electron chi connectivity index (χ0n) is 14.6. The summed E-state index contributed by atoms with van der Waals surface area (Å²) in [5, 5.41) is 20.8. The van der Waals surface area contributed by atoms with Gasteiger partial charge in [-0.25, -0.2) is 4.79 Å². The van der Waals surface area contributed by atoms with Crippen molar-refractivity contribution in [3.63, 3.8) is 0 Å². The van der Waals surface area contributed by atoms with E-state index in [-0.39, 0.29) is 39.6 Å². The lowest BCUT2D eigenvalue weighted by atomic mass is 9.83. The largest absolute Gasteiger partial charge is 0.439 e. The number of carbonyl (C=O) groups excluding carboxylic acids is 1. The van der Waals surface area contributed by atoms with Gasteiger partial charge in [-0.05, 0) is 24.3 Å². The van der Waals surface area contributed by atoms with E-state index in [1.165, 1.54) is 12.1 Å². The number of hydrogen-bond acceptors (Lipinski definition) is 8. The summed E-state index contributed by atoms with van der Waals surface area (Å²) in [4.78, 5) is 36.1. The van der Waals surface area contributed by atoms with Crippen LogP contribution < -0.4 is 16.1 Å². The lowest BCUT2D eigenvalue weighted by Gasteiger charge is -2.24. The topological polar surface area (TPSA) is 149 Å². The van der Waals surface area contributed by atoms with Crippen molar-refractivity contribution in [2.75, 3.05) is 0 Å². The number of hydrogen-bond donors (Lipinski definition) is 1. The summed E-state index contributed by atoms with van der Waals surface area (Å²) in [5.74, 6) is -2.23. The molecular formula is C20H11N3O6. The maximum atomic E-state index is 13.2. The second-order valence-corrected chi connectivity index (χ2v) is 6.22. The molecule has 0 aliphatic carbocycles. The highest BCUT2D eigenvalue weighted by Gasteiger charge is 2.39. The van der Waals surface area contributed by atoms with Crippen LogP contribution in [0.3, 0.4) is 0 Å². The first-order valence-corrected chi connectivity index (χ1v) is 8.34. The number of Topliss-reactive ketones (excluding diaryl/α,β-unsaturated/α-hetero) is 1. The first-order chi connectivity index (χ1) is 13.9. The number of benzene rings is 2. The van der Waals surface area contributed by atoms with E-state index in [9.17, 15) is 25.0 Å². The molecule has 0 radical (unpaired) electrons. The molecular weight excluding hydrogens is 378 g/mol. The molecule has 142 valence electrons. The van der Waals surface area contributed by atoms with Crippen LogP contribution in [0.4, 0.5) is 5.69 Å². The van der Waals surface area contributed by atoms with Crippen LogP contribution in [-0.4, -0.2) is 10.7 Å². The quantitative estimate of drug-likeness (QED) is 0.311. The van der Waals surface area contributed by atoms with Crippen molar-refractivity contribution >= 4 is 22.4 Å². The van der Waals surface area contributed by atoms with Gasteiger partial charge in [-0.1, -0.05) is 12.1 Å². The Kier molecular flexibility index (Phi) is 4.09. The van der Waals surface area contributed by atoms with Crippen molar-refractivity contribution in [3.8, 4) is 11.8 Å². The van der Waals surface area contributed by atoms with Gasteiger partial charge < -0.3 is 14.9 Å². The SMILES string of the molecule is N#CC1=C(N)Oc2c(c(=O)oc3ccccc23)C1C(=O)c1ccc([N+](=O)[O-])cc1. The highest BCUT2D eigenvalue weighted by Crippen LogP contribution is 2.41. The molecule has 1 atom stereocenters. The molecule has 1 aromatic heterocycles. The van der Waals surface area contributed by atoms with Gasteiger partial charge in [-0.2, -0.15) is 5.26 Å². The van der Waals surface area contributed by atoms with Gasteiger partial charge in [-0.3, -0.25) is 14.9 Å². The molecule has 1 unspecified atom stereocenters. The fourth-order valence-corrected chi connectivity index (χ4v) is 3.24. The predicted octanol–water partition coefficient (Wildman–Crippen LogP) is 2.75. The maximum absolute atomic E-state index is 13.2. The van der Waals surface area contributed by atoms with E-state index in [0.29, 0.717) is 5.39 Å². The van der Waals surface area contributed by atoms with Gasteiger partial charge >= 0.3 is 5.63 Å². The first kappa shape index (κ1) is 17.9. The van der Waals surface area contributed by atoms with E-state index in [1.807, 2.05) is 6.07 Å². The second kappa shape index (κ2) is 6.61. The van der Waals surface area contributed by atoms with Gasteiger partial charge in [0.1, 0.15) is 17.2 Å². The summed E-state index contributed by atoms with van der Waals surface area (Å²) in [6, 6.07) is 13.2. The average Bonchev–Trinajstić information content (AvgIpc) is 2.72. The summed E-state index contributed by atoms with van der Waals surface area (Å²) in [6.07, 6.45) is 0. The number of rotatable bonds is 3. The second-order valence-electron chi connectivity index (χ2n) is 6.22. The Morgan fingerprint density at radius 1 is 1.17 bits per heavy atom. The minimum Gasteiger partial charge on any atom is -0.439 e. The molecule has 0 saturated heterocycles. The normalized spacial score (nSPS) is 15.3. The Bertz CT molecular complexity index is 1310. The molecule has 2 N–H and O–H groups in total. The van der Waals surface area contributed by atoms with Crippen LogP contribution in [-0.2, 0) is 0 Å². The Morgan fingerprint density at radius 2 is 1.86 bits per heavy atom. The first-order valence-electron chi connectivity index (χ1n) is 8.34. The van der Waals surface area contributed by atoms with E-state index < -0.39 is 22.3 Å². The summed E-state index contributed by atoms with van der Waals surface area (Å²) < 4.78 is 10.8. The summed E-state index contributed by atoms with van der Waals surface area (Å²) >= 11 is 0. The number of nitriles is 1. The number of allylic oxidation sites excluding steroid dienone is 1. The van der Waals surface area contributed by atoms with Gasteiger partial charge in [-0.15, -0.1) is 0 Å². The van der Waals surface area contributed by atoms with Crippen molar-refractivity contribution in [1.29, 1.82) is 5.26 Å². The molecule has 1 aliphatic rings. The van der Waals surface area contributed by atoms with Gasteiger partial charge in [0.05, 0.1) is 21.8 Å². The molecule has 9 heteroatoms. The third-order valence-corrected chi connectivity index (χ3v) is 4.60. The standard InChI is InChI=1S/C20H11N3O6/c21-9-13-15(17(24)10-5-7-11(8-6-10)23(26)27)16-18(29-19(13)22)12-3-1-2-4-14(12)28-20(16)25/h1-8,15H,22H2. The van der Waals surface area contributed by atoms with Crippen molar-refractivity contribution in [2.24, 2.45) is 5.73 Å². The van der Waals surface area contributed by atoms with Crippen LogP contribution in [0, 0.1) is 21.4 Å². The highest BCUT2D eigenvalue weighted by atomic mass is 16.6. The zero-order valence-corrected chi connectivity index (χ0v) is 14.6. The van der Waals surface area contributed by atoms with Crippen molar-refractivity contribution in [1.82, 2.24) is 0 Å². The Balaban J connectivity index is 1.94. The molecule has 0 amide bonds. The summed E-state index contributed by atoms with van der Waals surface area (Å²) in [5.41, 5.74) is 4.78. The van der Waals surface area contributed by atoms with Gasteiger partial charge in [0.2, 0.25) is 5.88 Å². The molecule has 2 aromatic carbocycles. The Hall–Kier alpha value is -4.45. The smallest absolute Gasteiger partial charge is 0.344 e. The van der Waals surface area contributed by atoms with E-state index >= 15 is 0 Å². The number of fused-ring (bicyclic) bond motifs is 3. The van der Waals surface area contributed by atoms with Crippen LogP contribution in [0.1, 0.15) is 21.8 Å². The minimum absolute atomic E-state index is 0.0496. The van der Waals surface area contributed by atoms with Gasteiger partial charge in [0.15, 0.2) is 11.5 Å². The monoisotopic (exact) mass is 389 g/mol. The molecule has 1 aliphatic heterocycles. The molecule has 0 saturated carbocycles. The van der Waals surface area contributed by atoms with E-state index in [1.54, 1.807) is 24.3 Å². The number of nitro benzene ring substituents is 1. The molecule has 29 heavy (non-hydrogen) atoms. The van der Waals surface area contributed by atoms with Crippen LogP contribution in [0.2, 0.25) is 0 Å². The highest BCUT2D eigenvalue weighted by molar-refractivity contribution is 6.05. The van der Waals surface area contributed by atoms with E-state index in [0.717, 1.165) is 12.1 Å². The van der Waals surface area contributed by atoms with Crippen LogP contribution in [0.5, 0.6) is 5.75 Å². The Morgan fingerprint density at radius 3 is 2.52 bits per heavy atom. The molecule has 3 aromatic rings. The summed E-state index contributed by atoms with van der Waals surface area (Å²) in [7, 11) is 0. The lowest BCUT2D eigenvalue weighted by molar-refractivity contribution is -0.384. The third kappa shape index (κ3) is 2.80. The van der Waals surface area contributed by atoms with Crippen molar-refractivity contribution < 1.29 is 18.9 Å². The fraction of sp³-hybridized carbons (Fsp3) is 0.0500. The molecule has 0 spiro atoms. The molecule has 4 rings (SSSR count). The summed E-state index contributed by atoms with van der Waals surface area (Å²) in [6.45, 7) is 0. The maximum Gasteiger partial charge on any atom is 0.344 e. The van der Waals surface area contributed by atoms with Gasteiger partial charge in [0.25, 0.3) is 5.69 Å². The number of nitro groups is 1. The zero-order chi connectivity index (χ0) is 20.7. The number of nitrogens with zero attached hydrogens (tertiary/aromatic N) is 2. The van der Waals surface area contributed by atoms with Crippen molar-refractivity contribution in [2.45, 2.75) is 5.92 Å². The average molecular weight is 389 g/mol. The number of non-ortho nitro benzene ring substituents is 1. The van der Waals surface area contributed by atoms with Crippen LogP contribution in [0.15, 0.2) is 69.2 Å². The molecule has 0 fully saturated rings. The minimum atomic E-state index is -1.36. The fourth-order valence-electron chi connectivity index (χ4n) is 3.24. The van der Waals surface area contributed by atoms with Crippen LogP contribution >= 0.6 is 0 Å². The Labute approximate surface area is 162 Å². The van der Waals surface area contributed by atoms with E-state index in [2.05, 4.69) is 0 Å². The molecule has 0 bridgehead atoms. The van der Waals surface area contributed by atoms with Crippen LogP contribution in [0.25, 0.3) is 11.0 Å². The number of carbonyl (C=O) groups is 1.